The fourth-order valence-corrected chi connectivity index (χ4v) is 4.10. The van der Waals surface area contributed by atoms with E-state index in [1.54, 1.807) is 39.9 Å². The fraction of sp³-hybridized carbons (Fsp3) is 0.214. The van der Waals surface area contributed by atoms with Crippen LogP contribution >= 0.6 is 0 Å². The fourth-order valence-electron chi connectivity index (χ4n) is 4.10. The summed E-state index contributed by atoms with van der Waals surface area (Å²) in [6.07, 6.45) is 5.00. The van der Waals surface area contributed by atoms with E-state index in [0.29, 0.717) is 23.8 Å². The van der Waals surface area contributed by atoms with Crippen LogP contribution in [0, 0.1) is 6.92 Å². The summed E-state index contributed by atoms with van der Waals surface area (Å²) < 4.78 is 22.5. The molecule has 0 saturated carbocycles. The molecule has 0 fully saturated rings. The molecule has 0 spiro atoms. The number of nitrogens with one attached hydrogen (secondary N) is 1. The van der Waals surface area contributed by atoms with Crippen LogP contribution in [-0.2, 0) is 11.3 Å². The molecule has 180 valence electrons. The van der Waals surface area contributed by atoms with E-state index in [1.807, 2.05) is 56.3 Å². The second-order valence-electron chi connectivity index (χ2n) is 8.04. The van der Waals surface area contributed by atoms with Crippen molar-refractivity contribution in [3.8, 4) is 28.4 Å². The van der Waals surface area contributed by atoms with E-state index >= 15 is 0 Å². The first-order valence-corrected chi connectivity index (χ1v) is 11.1. The summed E-state index contributed by atoms with van der Waals surface area (Å²) in [6, 6.07) is 13.3. The molecule has 0 aliphatic rings. The van der Waals surface area contributed by atoms with Crippen molar-refractivity contribution >= 4 is 22.4 Å². The summed E-state index contributed by atoms with van der Waals surface area (Å²) in [5.41, 5.74) is 5.78. The van der Waals surface area contributed by atoms with Crippen LogP contribution in [0.3, 0.4) is 0 Å². The first-order valence-electron chi connectivity index (χ1n) is 11.1. The van der Waals surface area contributed by atoms with Gasteiger partial charge in [-0.15, -0.1) is 0 Å². The molecule has 2 aromatic heterocycles. The third-order valence-electron chi connectivity index (χ3n) is 5.88. The molecule has 1 amide bonds. The highest BCUT2D eigenvalue weighted by Gasteiger charge is 2.19. The molecule has 0 atom stereocenters. The summed E-state index contributed by atoms with van der Waals surface area (Å²) in [7, 11) is 4.83. The zero-order valence-corrected chi connectivity index (χ0v) is 20.5. The number of rotatable bonds is 8. The Morgan fingerprint density at radius 1 is 1.06 bits per heavy atom. The molecule has 7 heteroatoms. The van der Waals surface area contributed by atoms with Gasteiger partial charge in [0.1, 0.15) is 11.3 Å². The van der Waals surface area contributed by atoms with Gasteiger partial charge >= 0.3 is 0 Å². The van der Waals surface area contributed by atoms with E-state index < -0.39 is 0 Å². The van der Waals surface area contributed by atoms with Gasteiger partial charge in [-0.1, -0.05) is 12.1 Å². The SMILES string of the molecule is COc1ccc(-c2coc3c(C)c(OC)c(/C(C)=C/C(=O)NCc4ccccn4)cc23)cc1OC. The summed E-state index contributed by atoms with van der Waals surface area (Å²) in [6.45, 7) is 4.18. The minimum absolute atomic E-state index is 0.208. The van der Waals surface area contributed by atoms with Crippen LogP contribution in [0.1, 0.15) is 23.7 Å². The summed E-state index contributed by atoms with van der Waals surface area (Å²) in [4.78, 5) is 16.9. The van der Waals surface area contributed by atoms with Gasteiger partial charge in [0.15, 0.2) is 11.5 Å². The van der Waals surface area contributed by atoms with Gasteiger partial charge in [0.25, 0.3) is 0 Å². The second-order valence-corrected chi connectivity index (χ2v) is 8.04. The third kappa shape index (κ3) is 4.84. The van der Waals surface area contributed by atoms with Gasteiger partial charge in [0.05, 0.1) is 39.8 Å². The van der Waals surface area contributed by atoms with Crippen molar-refractivity contribution in [2.24, 2.45) is 0 Å². The first-order chi connectivity index (χ1) is 17.0. The topological polar surface area (TPSA) is 82.8 Å². The average molecular weight is 473 g/mol. The molecule has 0 unspecified atom stereocenters. The Morgan fingerprint density at radius 3 is 2.54 bits per heavy atom. The number of ether oxygens (including phenoxy) is 3. The zero-order chi connectivity index (χ0) is 24.9. The molecule has 35 heavy (non-hydrogen) atoms. The van der Waals surface area contributed by atoms with Crippen molar-refractivity contribution in [2.45, 2.75) is 20.4 Å². The number of methoxy groups -OCH3 is 3. The van der Waals surface area contributed by atoms with Gasteiger partial charge in [0.2, 0.25) is 5.91 Å². The Bertz CT molecular complexity index is 1390. The molecule has 4 aromatic rings. The maximum atomic E-state index is 12.6. The maximum absolute atomic E-state index is 12.6. The van der Waals surface area contributed by atoms with E-state index in [9.17, 15) is 4.79 Å². The lowest BCUT2D eigenvalue weighted by molar-refractivity contribution is -0.116. The third-order valence-corrected chi connectivity index (χ3v) is 5.88. The molecule has 7 nitrogen and oxygen atoms in total. The van der Waals surface area contributed by atoms with Crippen molar-refractivity contribution in [3.63, 3.8) is 0 Å². The van der Waals surface area contributed by atoms with Crippen molar-refractivity contribution < 1.29 is 23.4 Å². The van der Waals surface area contributed by atoms with Crippen LogP contribution < -0.4 is 19.5 Å². The van der Waals surface area contributed by atoms with Gasteiger partial charge in [-0.05, 0) is 55.3 Å². The molecular weight excluding hydrogens is 444 g/mol. The molecule has 0 aliphatic carbocycles. The van der Waals surface area contributed by atoms with Crippen molar-refractivity contribution in [1.29, 1.82) is 0 Å². The molecule has 4 rings (SSSR count). The van der Waals surface area contributed by atoms with Crippen molar-refractivity contribution in [1.82, 2.24) is 10.3 Å². The van der Waals surface area contributed by atoms with Crippen LogP contribution in [0.15, 0.2) is 65.4 Å². The van der Waals surface area contributed by atoms with Crippen LogP contribution in [0.2, 0.25) is 0 Å². The molecule has 0 bridgehead atoms. The van der Waals surface area contributed by atoms with E-state index in [-0.39, 0.29) is 5.91 Å². The Hall–Kier alpha value is -4.26. The Morgan fingerprint density at radius 2 is 1.86 bits per heavy atom. The number of furan rings is 1. The highest BCUT2D eigenvalue weighted by molar-refractivity contribution is 6.01. The minimum Gasteiger partial charge on any atom is -0.496 e. The number of carbonyl (C=O) groups is 1. The highest BCUT2D eigenvalue weighted by atomic mass is 16.5. The lowest BCUT2D eigenvalue weighted by Crippen LogP contribution is -2.21. The summed E-state index contributed by atoms with van der Waals surface area (Å²) >= 11 is 0. The standard InChI is InChI=1S/C28H28N2O5/c1-17(12-26(31)30-15-20-8-6-7-11-29-20)21-14-22-23(16-35-28(22)18(2)27(21)34-5)19-9-10-24(32-3)25(13-19)33-4/h6-14,16H,15H2,1-5H3,(H,30,31)/b17-12+. The van der Waals surface area contributed by atoms with Crippen molar-refractivity contribution in [3.05, 3.63) is 77.8 Å². The predicted molar refractivity (Wildman–Crippen MR) is 136 cm³/mol. The van der Waals surface area contributed by atoms with Gasteiger partial charge in [-0.2, -0.15) is 0 Å². The normalized spacial score (nSPS) is 11.4. The predicted octanol–water partition coefficient (Wildman–Crippen LogP) is 5.55. The van der Waals surface area contributed by atoms with E-state index in [0.717, 1.165) is 44.5 Å². The Labute approximate surface area is 204 Å². The number of allylic oxidation sites excluding steroid dienone is 1. The monoisotopic (exact) mass is 472 g/mol. The largest absolute Gasteiger partial charge is 0.496 e. The number of hydrogen-bond donors (Lipinski definition) is 1. The molecule has 0 aliphatic heterocycles. The first kappa shape index (κ1) is 23.9. The molecule has 2 heterocycles. The average Bonchev–Trinajstić information content (AvgIpc) is 3.32. The number of pyridine rings is 1. The number of hydrogen-bond acceptors (Lipinski definition) is 6. The smallest absolute Gasteiger partial charge is 0.244 e. The number of aryl methyl sites for hydroxylation is 1. The van der Waals surface area contributed by atoms with E-state index in [2.05, 4.69) is 10.3 Å². The minimum atomic E-state index is -0.208. The number of amides is 1. The van der Waals surface area contributed by atoms with Gasteiger partial charge in [-0.25, -0.2) is 0 Å². The lowest BCUT2D eigenvalue weighted by Gasteiger charge is -2.14. The van der Waals surface area contributed by atoms with Gasteiger partial charge < -0.3 is 23.9 Å². The van der Waals surface area contributed by atoms with Crippen LogP contribution in [0.25, 0.3) is 27.7 Å². The lowest BCUT2D eigenvalue weighted by atomic mass is 9.96. The van der Waals surface area contributed by atoms with E-state index in [1.165, 1.54) is 0 Å². The molecular formula is C28H28N2O5. The van der Waals surface area contributed by atoms with Crippen molar-refractivity contribution in [2.75, 3.05) is 21.3 Å². The molecule has 1 N–H and O–H groups in total. The van der Waals surface area contributed by atoms with Crippen LogP contribution in [-0.4, -0.2) is 32.2 Å². The quantitative estimate of drug-likeness (QED) is 0.339. The zero-order valence-electron chi connectivity index (χ0n) is 20.5. The van der Waals surface area contributed by atoms with Gasteiger partial charge in [0, 0.05) is 34.3 Å². The number of carbonyl (C=O) groups excluding carboxylic acids is 1. The number of fused-ring (bicyclic) bond motifs is 1. The number of benzene rings is 2. The molecule has 0 saturated heterocycles. The number of aromatic nitrogens is 1. The molecule has 0 radical (unpaired) electrons. The van der Waals surface area contributed by atoms with E-state index in [4.69, 9.17) is 18.6 Å². The summed E-state index contributed by atoms with van der Waals surface area (Å²) in [5, 5.41) is 3.79. The summed E-state index contributed by atoms with van der Waals surface area (Å²) in [5.74, 6) is 1.74. The maximum Gasteiger partial charge on any atom is 0.244 e. The van der Waals surface area contributed by atoms with Crippen LogP contribution in [0.4, 0.5) is 0 Å². The Kier molecular flexibility index (Phi) is 7.06. The van der Waals surface area contributed by atoms with Crippen LogP contribution in [0.5, 0.6) is 17.2 Å². The highest BCUT2D eigenvalue weighted by Crippen LogP contribution is 2.42. The molecule has 2 aromatic carbocycles. The van der Waals surface area contributed by atoms with Gasteiger partial charge in [-0.3, -0.25) is 9.78 Å². The number of nitrogens with zero attached hydrogens (tertiary/aromatic N) is 1. The Balaban J connectivity index is 1.72. The second kappa shape index (κ2) is 10.3.